The van der Waals surface area contributed by atoms with Crippen LogP contribution in [0.2, 0.25) is 0 Å². The van der Waals surface area contributed by atoms with Crippen LogP contribution in [0.4, 0.5) is 17.1 Å². The fraction of sp³-hybridized carbons (Fsp3) is 0.136. The van der Waals surface area contributed by atoms with Crippen molar-refractivity contribution in [2.45, 2.75) is 13.3 Å². The van der Waals surface area contributed by atoms with Gasteiger partial charge in [0, 0.05) is 27.8 Å². The van der Waals surface area contributed by atoms with Crippen molar-refractivity contribution in [2.75, 3.05) is 11.5 Å². The molecule has 0 heterocycles. The van der Waals surface area contributed by atoms with Gasteiger partial charge in [-0.15, -0.1) is 0 Å². The van der Waals surface area contributed by atoms with Gasteiger partial charge < -0.3 is 9.64 Å². The summed E-state index contributed by atoms with van der Waals surface area (Å²) >= 11 is 6.79. The third-order valence-electron chi connectivity index (χ3n) is 4.03. The second-order valence-electron chi connectivity index (χ2n) is 6.09. The molecule has 0 aliphatic rings. The van der Waals surface area contributed by atoms with Crippen LogP contribution in [0, 0.1) is 10.7 Å². The lowest BCUT2D eigenvalue weighted by Crippen LogP contribution is -2.13. The molecule has 3 rings (SSSR count). The number of esters is 1. The van der Waals surface area contributed by atoms with Gasteiger partial charge >= 0.3 is 5.97 Å². The van der Waals surface area contributed by atoms with E-state index in [1.165, 1.54) is 7.14 Å². The molecule has 28 heavy (non-hydrogen) atoms. The van der Waals surface area contributed by atoms with Gasteiger partial charge in [-0.2, -0.15) is 0 Å². The highest BCUT2D eigenvalue weighted by Crippen LogP contribution is 2.36. The molecule has 0 bridgehead atoms. The monoisotopic (exact) mass is 709 g/mol. The second-order valence-corrected chi connectivity index (χ2v) is 9.74. The molecule has 3 aromatic carbocycles. The minimum Gasteiger partial charge on any atom is -0.462 e. The average Bonchev–Trinajstić information content (AvgIpc) is 2.70. The van der Waals surface area contributed by atoms with Crippen molar-refractivity contribution < 1.29 is 9.53 Å². The normalized spacial score (nSPS) is 10.6. The highest BCUT2D eigenvalue weighted by atomic mass is 127. The maximum Gasteiger partial charge on any atom is 0.339 e. The summed E-state index contributed by atoms with van der Waals surface area (Å²) in [4.78, 5) is 14.7. The molecule has 144 valence electrons. The maximum atomic E-state index is 12.5. The number of carbonyl (C=O) groups is 1. The summed E-state index contributed by atoms with van der Waals surface area (Å²) in [5, 5.41) is 0. The highest BCUT2D eigenvalue weighted by Gasteiger charge is 2.17. The van der Waals surface area contributed by atoms with E-state index in [4.69, 9.17) is 4.74 Å². The summed E-state index contributed by atoms with van der Waals surface area (Å²) in [7, 11) is 0. The molecule has 0 aliphatic carbocycles. The van der Waals surface area contributed by atoms with Crippen LogP contribution in [0.5, 0.6) is 0 Å². The molecule has 0 aromatic heterocycles. The number of anilines is 3. The molecule has 0 fully saturated rings. The van der Waals surface area contributed by atoms with Crippen LogP contribution in [0.1, 0.15) is 23.7 Å². The Morgan fingerprint density at radius 1 is 0.821 bits per heavy atom. The van der Waals surface area contributed by atoms with Gasteiger partial charge in [0.15, 0.2) is 0 Å². The Morgan fingerprint density at radius 3 is 1.82 bits per heavy atom. The zero-order chi connectivity index (χ0) is 20.1. The van der Waals surface area contributed by atoms with Crippen molar-refractivity contribution >= 4 is 90.8 Å². The van der Waals surface area contributed by atoms with Crippen LogP contribution in [-0.4, -0.2) is 12.6 Å². The van der Waals surface area contributed by atoms with Gasteiger partial charge in [0.05, 0.1) is 12.2 Å². The van der Waals surface area contributed by atoms with Gasteiger partial charge in [0.1, 0.15) is 0 Å². The quantitative estimate of drug-likeness (QED) is 0.196. The van der Waals surface area contributed by atoms with Crippen molar-refractivity contribution in [3.63, 3.8) is 0 Å². The van der Waals surface area contributed by atoms with Crippen LogP contribution in [0.15, 0.2) is 66.7 Å². The Labute approximate surface area is 206 Å². The van der Waals surface area contributed by atoms with Crippen LogP contribution >= 0.6 is 67.8 Å². The molecular formula is C22H18I3NO2. The summed E-state index contributed by atoms with van der Waals surface area (Å²) in [5.41, 5.74) is 3.59. The van der Waals surface area contributed by atoms with E-state index in [0.29, 0.717) is 12.2 Å². The third kappa shape index (κ3) is 5.38. The fourth-order valence-corrected chi connectivity index (χ4v) is 3.98. The molecule has 0 atom stereocenters. The Bertz CT molecular complexity index is 911. The zero-order valence-electron chi connectivity index (χ0n) is 15.2. The van der Waals surface area contributed by atoms with E-state index in [2.05, 4.69) is 121 Å². The maximum absolute atomic E-state index is 12.5. The lowest BCUT2D eigenvalue weighted by molar-refractivity contribution is 0.0504. The lowest BCUT2D eigenvalue weighted by Gasteiger charge is -2.26. The van der Waals surface area contributed by atoms with Gasteiger partial charge in [-0.3, -0.25) is 0 Å². The fourth-order valence-electron chi connectivity index (χ4n) is 2.71. The summed E-state index contributed by atoms with van der Waals surface area (Å²) in [5.74, 6) is -0.279. The molecule has 0 amide bonds. The number of benzene rings is 3. The van der Waals surface area contributed by atoms with Gasteiger partial charge in [-0.05, 0) is 141 Å². The number of ether oxygens (including phenoxy) is 1. The minimum absolute atomic E-state index is 0.279. The molecule has 0 saturated carbocycles. The highest BCUT2D eigenvalue weighted by molar-refractivity contribution is 14.1. The number of carbonyl (C=O) groups excluding carboxylic acids is 1. The van der Waals surface area contributed by atoms with Crippen LogP contribution in [-0.2, 0) is 4.74 Å². The summed E-state index contributed by atoms with van der Waals surface area (Å²) in [6.07, 6.45) is 0.805. The van der Waals surface area contributed by atoms with Crippen LogP contribution in [0.3, 0.4) is 0 Å². The van der Waals surface area contributed by atoms with Gasteiger partial charge in [0.25, 0.3) is 0 Å². The SMILES string of the molecule is CCCOC(=O)c1cc(N(c2ccc(I)cc2)c2ccc(I)cc2)ccc1I. The minimum atomic E-state index is -0.279. The first kappa shape index (κ1) is 21.8. The zero-order valence-corrected chi connectivity index (χ0v) is 21.6. The molecule has 0 saturated heterocycles. The van der Waals surface area contributed by atoms with Gasteiger partial charge in [-0.25, -0.2) is 4.79 Å². The summed E-state index contributed by atoms with van der Waals surface area (Å²) in [6.45, 7) is 2.42. The molecule has 0 spiro atoms. The number of nitrogens with zero attached hydrogens (tertiary/aromatic N) is 1. The van der Waals surface area contributed by atoms with Crippen LogP contribution < -0.4 is 4.90 Å². The standard InChI is InChI=1S/C22H18I3NO2/c1-2-13-28-22(27)20-14-19(11-12-21(20)25)26(17-7-3-15(23)4-8-17)18-9-5-16(24)6-10-18/h3-12,14H,2,13H2,1H3. The number of rotatable bonds is 6. The largest absolute Gasteiger partial charge is 0.462 e. The van der Waals surface area contributed by atoms with E-state index >= 15 is 0 Å². The first-order valence-electron chi connectivity index (χ1n) is 8.77. The predicted molar refractivity (Wildman–Crippen MR) is 140 cm³/mol. The van der Waals surface area contributed by atoms with Crippen molar-refractivity contribution in [1.82, 2.24) is 0 Å². The molecule has 0 unspecified atom stereocenters. The third-order valence-corrected chi connectivity index (χ3v) is 6.41. The smallest absolute Gasteiger partial charge is 0.339 e. The molecule has 0 N–H and O–H groups in total. The summed E-state index contributed by atoms with van der Waals surface area (Å²) < 4.78 is 8.61. The van der Waals surface area contributed by atoms with E-state index in [1.807, 2.05) is 25.1 Å². The van der Waals surface area contributed by atoms with Crippen molar-refractivity contribution in [3.8, 4) is 0 Å². The van der Waals surface area contributed by atoms with E-state index < -0.39 is 0 Å². The van der Waals surface area contributed by atoms with Gasteiger partial charge in [-0.1, -0.05) is 6.92 Å². The topological polar surface area (TPSA) is 29.5 Å². The molecule has 3 aromatic rings. The lowest BCUT2D eigenvalue weighted by atomic mass is 10.1. The Hall–Kier alpha value is -0.880. The Kier molecular flexibility index (Phi) is 7.98. The first-order chi connectivity index (χ1) is 13.5. The molecule has 6 heteroatoms. The first-order valence-corrected chi connectivity index (χ1v) is 12.0. The summed E-state index contributed by atoms with van der Waals surface area (Å²) in [6, 6.07) is 22.6. The van der Waals surface area contributed by atoms with E-state index in [0.717, 1.165) is 27.1 Å². The van der Waals surface area contributed by atoms with E-state index in [1.54, 1.807) is 0 Å². The van der Waals surface area contributed by atoms with Crippen molar-refractivity contribution in [1.29, 1.82) is 0 Å². The van der Waals surface area contributed by atoms with E-state index in [9.17, 15) is 4.79 Å². The number of halogens is 3. The van der Waals surface area contributed by atoms with E-state index in [-0.39, 0.29) is 5.97 Å². The average molecular weight is 709 g/mol. The number of hydrogen-bond acceptors (Lipinski definition) is 3. The predicted octanol–water partition coefficient (Wildman–Crippen LogP) is 7.54. The van der Waals surface area contributed by atoms with Gasteiger partial charge in [0.2, 0.25) is 0 Å². The van der Waals surface area contributed by atoms with Crippen molar-refractivity contribution in [2.24, 2.45) is 0 Å². The number of hydrogen-bond donors (Lipinski definition) is 0. The molecule has 0 aliphatic heterocycles. The Balaban J connectivity index is 2.08. The van der Waals surface area contributed by atoms with Crippen molar-refractivity contribution in [3.05, 3.63) is 83.0 Å². The molecule has 0 radical (unpaired) electrons. The molecule has 3 nitrogen and oxygen atoms in total. The second kappa shape index (κ2) is 10.2. The molecular weight excluding hydrogens is 691 g/mol. The van der Waals surface area contributed by atoms with Crippen LogP contribution in [0.25, 0.3) is 0 Å². The Morgan fingerprint density at radius 2 is 1.32 bits per heavy atom.